The maximum Gasteiger partial charge on any atom is 0.239 e. The van der Waals surface area contributed by atoms with Gasteiger partial charge in [-0.3, -0.25) is 4.21 Å². The summed E-state index contributed by atoms with van der Waals surface area (Å²) in [6.45, 7) is 3.16. The summed E-state index contributed by atoms with van der Waals surface area (Å²) in [7, 11) is -0.740. The molecule has 0 saturated carbocycles. The van der Waals surface area contributed by atoms with E-state index in [0.717, 1.165) is 18.8 Å². The molecule has 1 atom stereocenters. The molecule has 96 valence electrons. The van der Waals surface area contributed by atoms with Crippen LogP contribution >= 0.6 is 0 Å². The van der Waals surface area contributed by atoms with E-state index in [1.165, 1.54) is 0 Å². The molecule has 0 aromatic carbocycles. The second-order valence-corrected chi connectivity index (χ2v) is 5.14. The largest absolute Gasteiger partial charge is 0.476 e. The number of aromatic nitrogens is 1. The molecular weight excluding hydrogens is 238 g/mol. The first-order valence-electron chi connectivity index (χ1n) is 5.56. The number of ether oxygens (including phenoxy) is 1. The van der Waals surface area contributed by atoms with Crippen molar-refractivity contribution in [3.63, 3.8) is 0 Å². The summed E-state index contributed by atoms with van der Waals surface area (Å²) in [6.07, 6.45) is 2.55. The molecule has 0 saturated heterocycles. The van der Waals surface area contributed by atoms with E-state index in [4.69, 9.17) is 10.5 Å². The van der Waals surface area contributed by atoms with Crippen molar-refractivity contribution in [1.82, 2.24) is 4.98 Å². The van der Waals surface area contributed by atoms with Crippen LogP contribution in [0.4, 0.5) is 11.5 Å². The van der Waals surface area contributed by atoms with Gasteiger partial charge in [0.15, 0.2) is 0 Å². The molecule has 5 nitrogen and oxygen atoms in total. The Hall–Kier alpha value is -1.30. The molecule has 1 aromatic heterocycles. The van der Waals surface area contributed by atoms with Gasteiger partial charge in [-0.15, -0.1) is 0 Å². The van der Waals surface area contributed by atoms with E-state index >= 15 is 0 Å². The maximum atomic E-state index is 10.9. The zero-order valence-corrected chi connectivity index (χ0v) is 11.0. The zero-order valence-electron chi connectivity index (χ0n) is 10.2. The number of hydrogen-bond acceptors (Lipinski definition) is 5. The first-order valence-corrected chi connectivity index (χ1v) is 7.29. The van der Waals surface area contributed by atoms with Crippen molar-refractivity contribution in [3.8, 4) is 5.88 Å². The maximum absolute atomic E-state index is 10.9. The van der Waals surface area contributed by atoms with Gasteiger partial charge < -0.3 is 15.8 Å². The predicted octanol–water partition coefficient (Wildman–Crippen LogP) is 1.24. The fourth-order valence-electron chi connectivity index (χ4n) is 1.29. The highest BCUT2D eigenvalue weighted by atomic mass is 32.2. The van der Waals surface area contributed by atoms with Gasteiger partial charge in [0.25, 0.3) is 0 Å². The Balaban J connectivity index is 2.48. The lowest BCUT2D eigenvalue weighted by Crippen LogP contribution is -2.08. The summed E-state index contributed by atoms with van der Waals surface area (Å²) < 4.78 is 16.2. The van der Waals surface area contributed by atoms with Crippen molar-refractivity contribution < 1.29 is 8.95 Å². The van der Waals surface area contributed by atoms with Gasteiger partial charge in [0.05, 0.1) is 12.3 Å². The Bertz CT molecular complexity index is 385. The number of nitrogen functional groups attached to an aromatic ring is 1. The van der Waals surface area contributed by atoms with E-state index < -0.39 is 10.8 Å². The van der Waals surface area contributed by atoms with E-state index in [-0.39, 0.29) is 0 Å². The first-order chi connectivity index (χ1) is 8.13. The molecule has 0 fully saturated rings. The Morgan fingerprint density at radius 2 is 2.29 bits per heavy atom. The third-order valence-electron chi connectivity index (χ3n) is 2.09. The molecule has 1 heterocycles. The third kappa shape index (κ3) is 5.04. The monoisotopic (exact) mass is 257 g/mol. The third-order valence-corrected chi connectivity index (χ3v) is 2.95. The van der Waals surface area contributed by atoms with Gasteiger partial charge in [-0.2, -0.15) is 4.98 Å². The quantitative estimate of drug-likeness (QED) is 0.719. The smallest absolute Gasteiger partial charge is 0.239 e. The fraction of sp³-hybridized carbons (Fsp3) is 0.545. The minimum Gasteiger partial charge on any atom is -0.476 e. The second kappa shape index (κ2) is 7.11. The van der Waals surface area contributed by atoms with Gasteiger partial charge >= 0.3 is 0 Å². The van der Waals surface area contributed by atoms with Crippen LogP contribution in [-0.4, -0.2) is 34.4 Å². The number of nitrogens with one attached hydrogen (secondary N) is 1. The number of nitrogens with zero attached hydrogens (tertiary/aromatic N) is 1. The van der Waals surface area contributed by atoms with Crippen LogP contribution in [0.5, 0.6) is 5.88 Å². The molecule has 1 aromatic rings. The Morgan fingerprint density at radius 3 is 2.94 bits per heavy atom. The summed E-state index contributed by atoms with van der Waals surface area (Å²) >= 11 is 0. The van der Waals surface area contributed by atoms with Crippen LogP contribution in [-0.2, 0) is 10.8 Å². The molecule has 17 heavy (non-hydrogen) atoms. The lowest BCUT2D eigenvalue weighted by molar-refractivity contribution is 0.329. The number of pyridine rings is 1. The Labute approximate surface area is 104 Å². The van der Waals surface area contributed by atoms with Crippen molar-refractivity contribution in [3.05, 3.63) is 12.1 Å². The van der Waals surface area contributed by atoms with Crippen LogP contribution in [0, 0.1) is 0 Å². The normalized spacial score (nSPS) is 12.1. The Kier molecular flexibility index (Phi) is 5.76. The van der Waals surface area contributed by atoms with Gasteiger partial charge in [-0.25, -0.2) is 0 Å². The van der Waals surface area contributed by atoms with Crippen molar-refractivity contribution in [1.29, 1.82) is 0 Å². The van der Waals surface area contributed by atoms with Crippen LogP contribution < -0.4 is 15.8 Å². The second-order valence-electron chi connectivity index (χ2n) is 3.58. The van der Waals surface area contributed by atoms with E-state index in [9.17, 15) is 4.21 Å². The predicted molar refractivity (Wildman–Crippen MR) is 71.9 cm³/mol. The number of nitrogens with two attached hydrogens (primary N) is 1. The molecule has 0 amide bonds. The molecule has 1 unspecified atom stereocenters. The standard InChI is InChI=1S/C11H19N3O2S/c1-3-16-11-9(12)5-6-10(14-11)13-7-4-8-17(2)15/h5-6H,3-4,7-8,12H2,1-2H3,(H,13,14). The molecule has 0 aliphatic carbocycles. The van der Waals surface area contributed by atoms with Crippen LogP contribution in [0.1, 0.15) is 13.3 Å². The Morgan fingerprint density at radius 1 is 1.53 bits per heavy atom. The highest BCUT2D eigenvalue weighted by Crippen LogP contribution is 2.20. The van der Waals surface area contributed by atoms with E-state index in [0.29, 0.717) is 23.9 Å². The SMILES string of the molecule is CCOc1nc(NCCCS(C)=O)ccc1N. The minimum atomic E-state index is -0.740. The summed E-state index contributed by atoms with van der Waals surface area (Å²) in [5.74, 6) is 1.88. The highest BCUT2D eigenvalue weighted by Gasteiger charge is 2.03. The fourth-order valence-corrected chi connectivity index (χ4v) is 1.84. The summed E-state index contributed by atoms with van der Waals surface area (Å²) in [4.78, 5) is 4.24. The topological polar surface area (TPSA) is 77.2 Å². The molecule has 0 radical (unpaired) electrons. The van der Waals surface area contributed by atoms with E-state index in [1.807, 2.05) is 6.92 Å². The summed E-state index contributed by atoms with van der Waals surface area (Å²) in [5.41, 5.74) is 6.25. The van der Waals surface area contributed by atoms with Gasteiger partial charge in [-0.05, 0) is 25.5 Å². The van der Waals surface area contributed by atoms with Crippen LogP contribution in [0.15, 0.2) is 12.1 Å². The van der Waals surface area contributed by atoms with Crippen molar-refractivity contribution in [2.75, 3.05) is 36.2 Å². The lowest BCUT2D eigenvalue weighted by atomic mass is 10.4. The van der Waals surface area contributed by atoms with E-state index in [2.05, 4.69) is 10.3 Å². The van der Waals surface area contributed by atoms with Gasteiger partial charge in [-0.1, -0.05) is 0 Å². The lowest BCUT2D eigenvalue weighted by Gasteiger charge is -2.09. The summed E-state index contributed by atoms with van der Waals surface area (Å²) in [6, 6.07) is 3.57. The van der Waals surface area contributed by atoms with Crippen LogP contribution in [0.2, 0.25) is 0 Å². The van der Waals surface area contributed by atoms with Crippen LogP contribution in [0.3, 0.4) is 0 Å². The number of anilines is 2. The molecule has 0 aliphatic rings. The highest BCUT2D eigenvalue weighted by molar-refractivity contribution is 7.84. The molecule has 0 spiro atoms. The summed E-state index contributed by atoms with van der Waals surface area (Å²) in [5, 5.41) is 3.14. The van der Waals surface area contributed by atoms with Crippen molar-refractivity contribution in [2.45, 2.75) is 13.3 Å². The van der Waals surface area contributed by atoms with Gasteiger partial charge in [0.2, 0.25) is 5.88 Å². The number of rotatable bonds is 7. The molecule has 0 aliphatic heterocycles. The average Bonchev–Trinajstić information content (AvgIpc) is 2.28. The molecule has 1 rings (SSSR count). The van der Waals surface area contributed by atoms with Gasteiger partial charge in [0, 0.05) is 29.4 Å². The zero-order chi connectivity index (χ0) is 12.7. The van der Waals surface area contributed by atoms with E-state index in [1.54, 1.807) is 18.4 Å². The number of hydrogen-bond donors (Lipinski definition) is 2. The first kappa shape index (κ1) is 13.8. The minimum absolute atomic E-state index is 0.455. The van der Waals surface area contributed by atoms with Gasteiger partial charge in [0.1, 0.15) is 5.82 Å². The van der Waals surface area contributed by atoms with Crippen molar-refractivity contribution >= 4 is 22.3 Å². The average molecular weight is 257 g/mol. The molecule has 0 bridgehead atoms. The molecule has 6 heteroatoms. The van der Waals surface area contributed by atoms with Crippen molar-refractivity contribution in [2.24, 2.45) is 0 Å². The molecular formula is C11H19N3O2S. The molecule has 3 N–H and O–H groups in total. The van der Waals surface area contributed by atoms with Crippen LogP contribution in [0.25, 0.3) is 0 Å².